The van der Waals surface area contributed by atoms with Crippen molar-refractivity contribution >= 4 is 11.8 Å². The predicted octanol–water partition coefficient (Wildman–Crippen LogP) is 2.41. The van der Waals surface area contributed by atoms with Crippen LogP contribution in [0.3, 0.4) is 0 Å². The van der Waals surface area contributed by atoms with Gasteiger partial charge in [-0.1, -0.05) is 24.3 Å². The number of phenols is 1. The van der Waals surface area contributed by atoms with E-state index in [-0.39, 0.29) is 17.6 Å². The zero-order valence-electron chi connectivity index (χ0n) is 14.8. The highest BCUT2D eigenvalue weighted by atomic mass is 16.5. The summed E-state index contributed by atoms with van der Waals surface area (Å²) in [7, 11) is 0. The van der Waals surface area contributed by atoms with Crippen LogP contribution in [0.25, 0.3) is 0 Å². The SMILES string of the molecule is Cc1ccccc1OCCCC(=O)NCCNC(=O)c1cccc(O)c1. The first-order valence-electron chi connectivity index (χ1n) is 8.58. The van der Waals surface area contributed by atoms with Gasteiger partial charge in [-0.25, -0.2) is 0 Å². The summed E-state index contributed by atoms with van der Waals surface area (Å²) in [6, 6.07) is 13.9. The normalized spacial score (nSPS) is 10.2. The first kappa shape index (κ1) is 19.3. The Morgan fingerprint density at radius 2 is 1.81 bits per heavy atom. The number of aromatic hydroxyl groups is 1. The quantitative estimate of drug-likeness (QED) is 0.602. The lowest BCUT2D eigenvalue weighted by Gasteiger charge is -2.09. The van der Waals surface area contributed by atoms with E-state index in [0.717, 1.165) is 11.3 Å². The van der Waals surface area contributed by atoms with Crippen LogP contribution < -0.4 is 15.4 Å². The van der Waals surface area contributed by atoms with Crippen LogP contribution in [-0.4, -0.2) is 36.6 Å². The average Bonchev–Trinajstić information content (AvgIpc) is 2.63. The van der Waals surface area contributed by atoms with E-state index in [0.29, 0.717) is 38.1 Å². The molecule has 26 heavy (non-hydrogen) atoms. The minimum atomic E-state index is -0.290. The molecule has 0 spiro atoms. The molecule has 0 aromatic heterocycles. The first-order chi connectivity index (χ1) is 12.6. The van der Waals surface area contributed by atoms with Crippen LogP contribution in [0.2, 0.25) is 0 Å². The lowest BCUT2D eigenvalue weighted by Crippen LogP contribution is -2.34. The maximum absolute atomic E-state index is 11.9. The Morgan fingerprint density at radius 1 is 1.04 bits per heavy atom. The van der Waals surface area contributed by atoms with E-state index < -0.39 is 0 Å². The summed E-state index contributed by atoms with van der Waals surface area (Å²) in [5.74, 6) is 0.508. The zero-order chi connectivity index (χ0) is 18.8. The fraction of sp³-hybridized carbons (Fsp3) is 0.300. The summed E-state index contributed by atoms with van der Waals surface area (Å²) in [6.07, 6.45) is 0.988. The summed E-state index contributed by atoms with van der Waals surface area (Å²) in [6.45, 7) is 3.13. The number of hydrogen-bond donors (Lipinski definition) is 3. The fourth-order valence-electron chi connectivity index (χ4n) is 2.35. The minimum Gasteiger partial charge on any atom is -0.508 e. The molecule has 0 bridgehead atoms. The molecule has 6 heteroatoms. The molecule has 2 amide bonds. The van der Waals surface area contributed by atoms with Crippen LogP contribution in [-0.2, 0) is 4.79 Å². The van der Waals surface area contributed by atoms with Crippen molar-refractivity contribution in [3.63, 3.8) is 0 Å². The molecule has 0 saturated heterocycles. The van der Waals surface area contributed by atoms with Gasteiger partial charge in [0.25, 0.3) is 5.91 Å². The number of hydrogen-bond acceptors (Lipinski definition) is 4. The molecule has 0 aliphatic heterocycles. The van der Waals surface area contributed by atoms with Gasteiger partial charge >= 0.3 is 0 Å². The van der Waals surface area contributed by atoms with Crippen molar-refractivity contribution in [2.75, 3.05) is 19.7 Å². The molecule has 3 N–H and O–H groups in total. The van der Waals surface area contributed by atoms with E-state index in [1.54, 1.807) is 12.1 Å². The molecule has 6 nitrogen and oxygen atoms in total. The van der Waals surface area contributed by atoms with Crippen molar-refractivity contribution in [3.8, 4) is 11.5 Å². The topological polar surface area (TPSA) is 87.7 Å². The Bertz CT molecular complexity index is 746. The summed E-state index contributed by atoms with van der Waals surface area (Å²) in [4.78, 5) is 23.6. The van der Waals surface area contributed by atoms with Crippen LogP contribution >= 0.6 is 0 Å². The number of carbonyl (C=O) groups excluding carboxylic acids is 2. The highest BCUT2D eigenvalue weighted by Crippen LogP contribution is 2.16. The van der Waals surface area contributed by atoms with Crippen molar-refractivity contribution in [1.82, 2.24) is 10.6 Å². The highest BCUT2D eigenvalue weighted by molar-refractivity contribution is 5.94. The summed E-state index contributed by atoms with van der Waals surface area (Å²) in [5.41, 5.74) is 1.45. The van der Waals surface area contributed by atoms with Gasteiger partial charge < -0.3 is 20.5 Å². The van der Waals surface area contributed by atoms with Crippen molar-refractivity contribution in [1.29, 1.82) is 0 Å². The Kier molecular flexibility index (Phi) is 7.49. The monoisotopic (exact) mass is 356 g/mol. The second-order valence-electron chi connectivity index (χ2n) is 5.87. The molecular formula is C20H24N2O4. The van der Waals surface area contributed by atoms with Gasteiger partial charge in [0.2, 0.25) is 5.91 Å². The molecule has 2 rings (SSSR count). The van der Waals surface area contributed by atoms with E-state index in [1.807, 2.05) is 31.2 Å². The third-order valence-corrected chi connectivity index (χ3v) is 3.74. The lowest BCUT2D eigenvalue weighted by molar-refractivity contribution is -0.121. The standard InChI is InChI=1S/C20H24N2O4/c1-15-6-2-3-9-18(15)26-13-5-10-19(24)21-11-12-22-20(25)16-7-4-8-17(23)14-16/h2-4,6-9,14,23H,5,10-13H2,1H3,(H,21,24)(H,22,25). The lowest BCUT2D eigenvalue weighted by atomic mass is 10.2. The maximum atomic E-state index is 11.9. The molecule has 0 fully saturated rings. The van der Waals surface area contributed by atoms with Gasteiger partial charge in [-0.15, -0.1) is 0 Å². The van der Waals surface area contributed by atoms with Crippen molar-refractivity contribution in [2.45, 2.75) is 19.8 Å². The van der Waals surface area contributed by atoms with Gasteiger partial charge in [-0.2, -0.15) is 0 Å². The summed E-state index contributed by atoms with van der Waals surface area (Å²) in [5, 5.41) is 14.8. The third kappa shape index (κ3) is 6.47. The van der Waals surface area contributed by atoms with Gasteiger partial charge in [0, 0.05) is 25.1 Å². The number of ether oxygens (including phenoxy) is 1. The molecular weight excluding hydrogens is 332 g/mol. The Morgan fingerprint density at radius 3 is 2.58 bits per heavy atom. The Labute approximate surface area is 153 Å². The smallest absolute Gasteiger partial charge is 0.251 e. The predicted molar refractivity (Wildman–Crippen MR) is 99.4 cm³/mol. The summed E-state index contributed by atoms with van der Waals surface area (Å²) < 4.78 is 5.65. The highest BCUT2D eigenvalue weighted by Gasteiger charge is 2.06. The molecule has 0 unspecified atom stereocenters. The van der Waals surface area contributed by atoms with Crippen LogP contribution in [0.5, 0.6) is 11.5 Å². The molecule has 2 aromatic rings. The first-order valence-corrected chi connectivity index (χ1v) is 8.58. The van der Waals surface area contributed by atoms with Gasteiger partial charge in [0.15, 0.2) is 0 Å². The number of aryl methyl sites for hydroxylation is 1. The van der Waals surface area contributed by atoms with Crippen LogP contribution in [0.1, 0.15) is 28.8 Å². The molecule has 0 saturated carbocycles. The minimum absolute atomic E-state index is 0.0406. The van der Waals surface area contributed by atoms with Crippen LogP contribution in [0.15, 0.2) is 48.5 Å². The van der Waals surface area contributed by atoms with Crippen LogP contribution in [0.4, 0.5) is 0 Å². The fourth-order valence-corrected chi connectivity index (χ4v) is 2.35. The molecule has 0 radical (unpaired) electrons. The largest absolute Gasteiger partial charge is 0.508 e. The van der Waals surface area contributed by atoms with Crippen molar-refractivity contribution in [2.24, 2.45) is 0 Å². The van der Waals surface area contributed by atoms with E-state index in [4.69, 9.17) is 4.74 Å². The van der Waals surface area contributed by atoms with Crippen molar-refractivity contribution in [3.05, 3.63) is 59.7 Å². The van der Waals surface area contributed by atoms with E-state index in [2.05, 4.69) is 10.6 Å². The van der Waals surface area contributed by atoms with Crippen LogP contribution in [0, 0.1) is 6.92 Å². The molecule has 138 valence electrons. The Balaban J connectivity index is 1.56. The van der Waals surface area contributed by atoms with Gasteiger partial charge in [-0.05, 0) is 43.2 Å². The number of amides is 2. The van der Waals surface area contributed by atoms with Crippen molar-refractivity contribution < 1.29 is 19.4 Å². The number of para-hydroxylation sites is 1. The zero-order valence-corrected chi connectivity index (χ0v) is 14.8. The maximum Gasteiger partial charge on any atom is 0.251 e. The molecule has 0 aliphatic rings. The second kappa shape index (κ2) is 10.1. The molecule has 0 heterocycles. The number of carbonyl (C=O) groups is 2. The number of benzene rings is 2. The third-order valence-electron chi connectivity index (χ3n) is 3.74. The molecule has 2 aromatic carbocycles. The van der Waals surface area contributed by atoms with Gasteiger partial charge in [0.05, 0.1) is 6.61 Å². The Hall–Kier alpha value is -3.02. The van der Waals surface area contributed by atoms with E-state index in [1.165, 1.54) is 12.1 Å². The number of nitrogens with one attached hydrogen (secondary N) is 2. The van der Waals surface area contributed by atoms with Gasteiger partial charge in [0.1, 0.15) is 11.5 Å². The molecule has 0 aliphatic carbocycles. The second-order valence-corrected chi connectivity index (χ2v) is 5.87. The molecule has 0 atom stereocenters. The number of rotatable bonds is 9. The van der Waals surface area contributed by atoms with E-state index in [9.17, 15) is 14.7 Å². The van der Waals surface area contributed by atoms with E-state index >= 15 is 0 Å². The number of phenolic OH excluding ortho intramolecular Hbond substituents is 1. The van der Waals surface area contributed by atoms with Gasteiger partial charge in [-0.3, -0.25) is 9.59 Å². The average molecular weight is 356 g/mol. The summed E-state index contributed by atoms with van der Waals surface area (Å²) >= 11 is 0.